The van der Waals surface area contributed by atoms with E-state index in [1.54, 1.807) is 10.6 Å². The van der Waals surface area contributed by atoms with Gasteiger partial charge in [0.25, 0.3) is 0 Å². The maximum Gasteiger partial charge on any atom is 0.334 e. The predicted octanol–water partition coefficient (Wildman–Crippen LogP) is 10.7. The number of fused-ring (bicyclic) bond motifs is 8. The SMILES string of the molecule is [2H]C([2H])([2H])[n+]1[c-]n(-c2[c-]c(Oc3[c-]c4c(cc3)c3cccc5c3n4-c3nc4ccccc4n3B5c3c(-c4ccccc4)cccc3-c3ccccc3)cc(C(C)(C)C)c2)c2ccccc21.[Pt]. The van der Waals surface area contributed by atoms with Crippen LogP contribution in [0.2, 0.25) is 0 Å². The monoisotopic (exact) mass is 995 g/mol. The maximum absolute atomic E-state index is 8.25. The van der Waals surface area contributed by atoms with Crippen LogP contribution in [0, 0.1) is 18.5 Å². The first kappa shape index (κ1) is 35.6. The van der Waals surface area contributed by atoms with Crippen molar-refractivity contribution in [3.8, 4) is 45.4 Å². The number of benzene rings is 8. The third-order valence-corrected chi connectivity index (χ3v) is 12.3. The average Bonchev–Trinajstić information content (AvgIpc) is 4.00. The minimum atomic E-state index is -2.42. The Kier molecular flexibility index (Phi) is 8.40. The third-order valence-electron chi connectivity index (χ3n) is 12.3. The average molecular weight is 996 g/mol. The van der Waals surface area contributed by atoms with E-state index in [2.05, 4.69) is 170 Å². The fourth-order valence-corrected chi connectivity index (χ4v) is 9.43. The number of ether oxygens (including phenoxy) is 1. The zero-order chi connectivity index (χ0) is 44.2. The van der Waals surface area contributed by atoms with Crippen molar-refractivity contribution in [2.45, 2.75) is 26.2 Å². The standard InChI is InChI=1S/C55H40BN5O.Pt/c1-55(2,3)38-31-39(59-35-58(4)49-27-13-14-28-50(49)59)33-41(32-38)62-40-29-30-44-45-23-16-24-46-53(45)60(51(44)34-40)54-57-47-25-11-12-26-48(47)61(54)56(46)52-42(36-17-7-5-8-18-36)21-15-22-43(52)37-19-9-6-10-20-37;/h5-32H,1-4H3;/q-2;/i4D3;. The van der Waals surface area contributed by atoms with Gasteiger partial charge in [-0.2, -0.15) is 17.7 Å². The van der Waals surface area contributed by atoms with Gasteiger partial charge in [-0.1, -0.05) is 165 Å². The number of hydrogen-bond acceptors (Lipinski definition) is 2. The summed E-state index contributed by atoms with van der Waals surface area (Å²) in [6.07, 6.45) is 3.11. The van der Waals surface area contributed by atoms with E-state index in [-0.39, 0.29) is 33.3 Å². The van der Waals surface area contributed by atoms with E-state index in [1.165, 1.54) is 10.0 Å². The van der Waals surface area contributed by atoms with Crippen molar-refractivity contribution in [2.24, 2.45) is 6.98 Å². The smallest absolute Gasteiger partial charge is 0.334 e. The quantitative estimate of drug-likeness (QED) is 0.0946. The van der Waals surface area contributed by atoms with E-state index in [9.17, 15) is 0 Å². The molecule has 0 bridgehead atoms. The number of imidazole rings is 2. The van der Waals surface area contributed by atoms with E-state index < -0.39 is 6.98 Å². The molecule has 0 unspecified atom stereocenters. The van der Waals surface area contributed by atoms with Crippen molar-refractivity contribution >= 4 is 61.6 Å². The molecule has 4 heterocycles. The van der Waals surface area contributed by atoms with Crippen molar-refractivity contribution in [1.82, 2.24) is 18.6 Å². The minimum absolute atomic E-state index is 0. The van der Waals surface area contributed by atoms with Gasteiger partial charge in [-0.15, -0.1) is 29.7 Å². The van der Waals surface area contributed by atoms with Crippen molar-refractivity contribution in [1.29, 1.82) is 0 Å². The Hall–Kier alpha value is -6.95. The van der Waals surface area contributed by atoms with E-state index in [0.29, 0.717) is 28.2 Å². The molecule has 0 saturated carbocycles. The molecule has 0 aliphatic carbocycles. The molecule has 306 valence electrons. The van der Waals surface area contributed by atoms with Crippen LogP contribution in [0.15, 0.2) is 170 Å². The summed E-state index contributed by atoms with van der Waals surface area (Å²) in [7, 11) is 0. The van der Waals surface area contributed by atoms with Crippen molar-refractivity contribution in [3.63, 3.8) is 0 Å². The molecule has 12 rings (SSSR count). The summed E-state index contributed by atoms with van der Waals surface area (Å²) in [6, 6.07) is 65.7. The topological polar surface area (TPSA) is 40.8 Å². The van der Waals surface area contributed by atoms with Crippen LogP contribution in [0.4, 0.5) is 0 Å². The summed E-state index contributed by atoms with van der Waals surface area (Å²) in [5.74, 6) is 1.78. The van der Waals surface area contributed by atoms with Gasteiger partial charge in [-0.3, -0.25) is 0 Å². The first-order chi connectivity index (χ1) is 31.5. The van der Waals surface area contributed by atoms with E-state index in [1.807, 2.05) is 42.5 Å². The Morgan fingerprint density at radius 2 is 1.35 bits per heavy atom. The van der Waals surface area contributed by atoms with Gasteiger partial charge in [-0.25, -0.2) is 4.98 Å². The van der Waals surface area contributed by atoms with Gasteiger partial charge in [0.1, 0.15) is 0 Å². The zero-order valence-electron chi connectivity index (χ0n) is 37.7. The van der Waals surface area contributed by atoms with E-state index >= 15 is 0 Å². The second kappa shape index (κ2) is 14.9. The normalized spacial score (nSPS) is 13.2. The molecule has 63 heavy (non-hydrogen) atoms. The molecule has 0 spiro atoms. The van der Waals surface area contributed by atoms with Crippen molar-refractivity contribution in [2.75, 3.05) is 0 Å². The van der Waals surface area contributed by atoms with Gasteiger partial charge < -0.3 is 22.9 Å². The van der Waals surface area contributed by atoms with Gasteiger partial charge in [-0.05, 0) is 56.1 Å². The van der Waals surface area contributed by atoms with Crippen LogP contribution in [0.25, 0.3) is 77.8 Å². The van der Waals surface area contributed by atoms with Crippen molar-refractivity contribution < 1.29 is 34.5 Å². The molecule has 1 aliphatic rings. The Labute approximate surface area is 385 Å². The van der Waals surface area contributed by atoms with Crippen LogP contribution in [-0.4, -0.2) is 25.4 Å². The molecule has 0 atom stereocenters. The third kappa shape index (κ3) is 6.20. The van der Waals surface area contributed by atoms with Crippen molar-refractivity contribution in [3.05, 3.63) is 194 Å². The molecule has 0 saturated heterocycles. The summed E-state index contributed by atoms with van der Waals surface area (Å²) < 4.78 is 39.1. The molecule has 8 aromatic carbocycles. The van der Waals surface area contributed by atoms with E-state index in [0.717, 1.165) is 72.1 Å². The van der Waals surface area contributed by atoms with Gasteiger partial charge in [0.2, 0.25) is 12.3 Å². The largest absolute Gasteiger partial charge is 0.510 e. The number of aromatic nitrogens is 5. The fraction of sp³-hybridized carbons (Fsp3) is 0.0909. The Balaban J connectivity index is 0.00000481. The van der Waals surface area contributed by atoms with Crippen LogP contribution in [-0.2, 0) is 33.5 Å². The molecule has 3 aromatic heterocycles. The first-order valence-electron chi connectivity index (χ1n) is 22.4. The Morgan fingerprint density at radius 1 is 0.667 bits per heavy atom. The molecule has 8 heteroatoms. The predicted molar refractivity (Wildman–Crippen MR) is 252 cm³/mol. The van der Waals surface area contributed by atoms with Crippen LogP contribution in [0.3, 0.4) is 0 Å². The molecule has 0 radical (unpaired) electrons. The second-order valence-electron chi connectivity index (χ2n) is 17.1. The molecule has 0 fully saturated rings. The second-order valence-corrected chi connectivity index (χ2v) is 17.1. The Bertz CT molecular complexity index is 3630. The number of hydrogen-bond donors (Lipinski definition) is 0. The van der Waals surface area contributed by atoms with Gasteiger partial charge in [0.05, 0.1) is 33.2 Å². The molecule has 6 nitrogen and oxygen atoms in total. The van der Waals surface area contributed by atoms with Crippen LogP contribution in [0.5, 0.6) is 11.5 Å². The number of nitrogens with zero attached hydrogens (tertiary/aromatic N) is 5. The maximum atomic E-state index is 8.25. The summed E-state index contributed by atoms with van der Waals surface area (Å²) in [5.41, 5.74) is 13.4. The van der Waals surface area contributed by atoms with Crippen LogP contribution >= 0.6 is 0 Å². The summed E-state index contributed by atoms with van der Waals surface area (Å²) in [5, 5.41) is 2.13. The molecule has 0 amide bonds. The van der Waals surface area contributed by atoms with Crippen LogP contribution < -0.4 is 20.2 Å². The van der Waals surface area contributed by atoms with Crippen LogP contribution in [0.1, 0.15) is 30.4 Å². The molecule has 11 aromatic rings. The Morgan fingerprint density at radius 3 is 2.08 bits per heavy atom. The van der Waals surface area contributed by atoms with E-state index in [4.69, 9.17) is 13.8 Å². The number of para-hydroxylation sites is 5. The molecular weight excluding hydrogens is 953 g/mol. The summed E-state index contributed by atoms with van der Waals surface area (Å²) in [6.45, 7) is 3.77. The van der Waals surface area contributed by atoms with Gasteiger partial charge >= 0.3 is 6.85 Å². The first-order valence-corrected chi connectivity index (χ1v) is 20.9. The summed E-state index contributed by atoms with van der Waals surface area (Å²) >= 11 is 0. The summed E-state index contributed by atoms with van der Waals surface area (Å²) in [4.78, 5) is 5.43. The van der Waals surface area contributed by atoms with Gasteiger partial charge in [0, 0.05) is 38.1 Å². The zero-order valence-corrected chi connectivity index (χ0v) is 37.0. The molecule has 0 N–H and O–H groups in total. The molecule has 1 aliphatic heterocycles. The number of aryl methyl sites for hydroxylation is 1. The minimum Gasteiger partial charge on any atom is -0.510 e. The number of rotatable bonds is 6. The fourth-order valence-electron chi connectivity index (χ4n) is 9.43. The molecular formula is C55H40BN5OPt-2. The van der Waals surface area contributed by atoms with Gasteiger partial charge in [0.15, 0.2) is 0 Å².